The number of hydrogen-bond donors (Lipinski definition) is 1. The summed E-state index contributed by atoms with van der Waals surface area (Å²) in [6, 6.07) is 0. The minimum absolute atomic E-state index is 0.0578. The van der Waals surface area contributed by atoms with E-state index in [4.69, 9.17) is 4.74 Å². The van der Waals surface area contributed by atoms with Crippen molar-refractivity contribution in [2.75, 3.05) is 6.61 Å². The van der Waals surface area contributed by atoms with E-state index in [1.807, 2.05) is 0 Å². The minimum Gasteiger partial charge on any atom is -0.462 e. The van der Waals surface area contributed by atoms with Gasteiger partial charge in [0, 0.05) is 19.3 Å². The van der Waals surface area contributed by atoms with Gasteiger partial charge in [0.05, 0.1) is 0 Å². The highest BCUT2D eigenvalue weighted by Gasteiger charge is 2.57. The predicted octanol–water partition coefficient (Wildman–Crippen LogP) is 3.67. The highest BCUT2D eigenvalue weighted by atomic mass is 16.5. The Hall–Kier alpha value is -1.16. The molecule has 3 saturated carbocycles. The van der Waals surface area contributed by atoms with Crippen molar-refractivity contribution in [1.82, 2.24) is 0 Å². The molecule has 0 aromatic carbocycles. The summed E-state index contributed by atoms with van der Waals surface area (Å²) < 4.78 is 5.47. The van der Waals surface area contributed by atoms with Crippen molar-refractivity contribution in [3.8, 4) is 0 Å². The zero-order valence-corrected chi connectivity index (χ0v) is 16.1. The number of ketones is 1. The number of carbonyl (C=O) groups excluding carboxylic acids is 2. The van der Waals surface area contributed by atoms with Crippen LogP contribution in [-0.2, 0) is 14.3 Å². The monoisotopic (exact) mass is 360 g/mol. The summed E-state index contributed by atoms with van der Waals surface area (Å²) in [5, 5.41) is 9.38. The zero-order valence-electron chi connectivity index (χ0n) is 16.1. The summed E-state index contributed by atoms with van der Waals surface area (Å²) in [5.74, 6) is 2.63. The first kappa shape index (κ1) is 18.2. The van der Waals surface area contributed by atoms with Crippen LogP contribution >= 0.6 is 0 Å². The topological polar surface area (TPSA) is 63.6 Å². The Bertz CT molecular complexity index is 624. The number of esters is 1. The Labute approximate surface area is 156 Å². The van der Waals surface area contributed by atoms with Gasteiger partial charge < -0.3 is 9.84 Å². The van der Waals surface area contributed by atoms with Gasteiger partial charge in [0.15, 0.2) is 5.78 Å². The maximum atomic E-state index is 12.3. The highest BCUT2D eigenvalue weighted by Crippen LogP contribution is 2.63. The SMILES string of the molecule is CC(=O)O[C@H]1CC[C@H]2C(=CC[C@@H]3[C@@H]2CC[C@]2(C)[C@@H](C(=O)CO)CC[C@@H]32)C1. The third kappa shape index (κ3) is 2.85. The van der Waals surface area contributed by atoms with Crippen LogP contribution in [-0.4, -0.2) is 29.6 Å². The Morgan fingerprint density at radius 1 is 1.19 bits per heavy atom. The van der Waals surface area contributed by atoms with Crippen LogP contribution in [0.2, 0.25) is 0 Å². The summed E-state index contributed by atoms with van der Waals surface area (Å²) in [6.45, 7) is 3.52. The normalized spacial score (nSPS) is 44.3. The molecule has 0 radical (unpaired) electrons. The molecule has 4 rings (SSSR count). The second-order valence-electron chi connectivity index (χ2n) is 9.37. The lowest BCUT2D eigenvalue weighted by Gasteiger charge is -2.53. The first-order valence-electron chi connectivity index (χ1n) is 10.4. The molecule has 0 aliphatic heterocycles. The van der Waals surface area contributed by atoms with Crippen LogP contribution in [0, 0.1) is 35.0 Å². The minimum atomic E-state index is -0.300. The van der Waals surface area contributed by atoms with E-state index in [1.54, 1.807) is 0 Å². The Morgan fingerprint density at radius 2 is 2.00 bits per heavy atom. The van der Waals surface area contributed by atoms with Crippen molar-refractivity contribution in [3.63, 3.8) is 0 Å². The lowest BCUT2D eigenvalue weighted by molar-refractivity contribution is -0.148. The highest BCUT2D eigenvalue weighted by molar-refractivity contribution is 5.83. The fraction of sp³-hybridized carbons (Fsp3) is 0.818. The maximum absolute atomic E-state index is 12.3. The quantitative estimate of drug-likeness (QED) is 0.616. The smallest absolute Gasteiger partial charge is 0.302 e. The fourth-order valence-electron chi connectivity index (χ4n) is 7.21. The van der Waals surface area contributed by atoms with Crippen LogP contribution in [0.25, 0.3) is 0 Å². The molecular formula is C22H32O4. The van der Waals surface area contributed by atoms with Crippen molar-refractivity contribution in [3.05, 3.63) is 11.6 Å². The van der Waals surface area contributed by atoms with E-state index in [0.29, 0.717) is 17.8 Å². The zero-order chi connectivity index (χ0) is 18.5. The molecule has 4 heteroatoms. The largest absolute Gasteiger partial charge is 0.462 e. The molecule has 0 aromatic heterocycles. The molecule has 0 heterocycles. The van der Waals surface area contributed by atoms with Gasteiger partial charge in [-0.3, -0.25) is 9.59 Å². The molecule has 26 heavy (non-hydrogen) atoms. The molecule has 0 bridgehead atoms. The van der Waals surface area contributed by atoms with E-state index in [2.05, 4.69) is 13.0 Å². The number of Topliss-reactive ketones (excluding diaryl/α,β-unsaturated/α-hetero) is 1. The number of fused-ring (bicyclic) bond motifs is 5. The maximum Gasteiger partial charge on any atom is 0.302 e. The molecule has 1 N–H and O–H groups in total. The Morgan fingerprint density at radius 3 is 2.73 bits per heavy atom. The second kappa shape index (κ2) is 6.78. The molecular weight excluding hydrogens is 328 g/mol. The number of aliphatic hydroxyl groups excluding tert-OH is 1. The van der Waals surface area contributed by atoms with Crippen molar-refractivity contribution in [2.24, 2.45) is 35.0 Å². The molecule has 0 spiro atoms. The van der Waals surface area contributed by atoms with Gasteiger partial charge in [-0.15, -0.1) is 0 Å². The van der Waals surface area contributed by atoms with Crippen molar-refractivity contribution in [1.29, 1.82) is 0 Å². The molecule has 4 aliphatic carbocycles. The van der Waals surface area contributed by atoms with Gasteiger partial charge in [-0.25, -0.2) is 0 Å². The van der Waals surface area contributed by atoms with Gasteiger partial charge in [-0.2, -0.15) is 0 Å². The number of allylic oxidation sites excluding steroid dienone is 1. The molecule has 4 aliphatic rings. The van der Waals surface area contributed by atoms with E-state index < -0.39 is 0 Å². The van der Waals surface area contributed by atoms with Gasteiger partial charge in [0.1, 0.15) is 12.7 Å². The number of carbonyl (C=O) groups is 2. The second-order valence-corrected chi connectivity index (χ2v) is 9.37. The van der Waals surface area contributed by atoms with E-state index >= 15 is 0 Å². The van der Waals surface area contributed by atoms with Gasteiger partial charge in [-0.05, 0) is 74.0 Å². The standard InChI is InChI=1S/C22H32O4/c1-13(24)26-15-4-6-16-14(11-15)3-5-18-17(16)9-10-22(2)19(18)7-8-20(22)21(25)12-23/h3,15-20,23H,4-12H2,1-2H3/t15-,16-,17+,18+,19-,20+,22-/m0/s1. The van der Waals surface area contributed by atoms with Crippen LogP contribution in [0.3, 0.4) is 0 Å². The summed E-state index contributed by atoms with van der Waals surface area (Å²) in [7, 11) is 0. The van der Waals surface area contributed by atoms with Crippen LogP contribution < -0.4 is 0 Å². The van der Waals surface area contributed by atoms with Crippen LogP contribution in [0.1, 0.15) is 65.2 Å². The van der Waals surface area contributed by atoms with E-state index in [1.165, 1.54) is 18.9 Å². The van der Waals surface area contributed by atoms with Crippen molar-refractivity contribution < 1.29 is 19.4 Å². The van der Waals surface area contributed by atoms with Crippen LogP contribution in [0.5, 0.6) is 0 Å². The lowest BCUT2D eigenvalue weighted by Crippen LogP contribution is -2.47. The third-order valence-corrected chi connectivity index (χ3v) is 8.28. The lowest BCUT2D eigenvalue weighted by atomic mass is 9.51. The molecule has 0 amide bonds. The van der Waals surface area contributed by atoms with Crippen molar-refractivity contribution in [2.45, 2.75) is 71.3 Å². The number of rotatable bonds is 3. The van der Waals surface area contributed by atoms with E-state index in [9.17, 15) is 14.7 Å². The van der Waals surface area contributed by atoms with E-state index in [0.717, 1.165) is 50.9 Å². The van der Waals surface area contributed by atoms with Crippen LogP contribution in [0.4, 0.5) is 0 Å². The molecule has 0 saturated heterocycles. The summed E-state index contributed by atoms with van der Waals surface area (Å²) in [6.07, 6.45) is 11.1. The molecule has 0 aromatic rings. The summed E-state index contributed by atoms with van der Waals surface area (Å²) in [5.41, 5.74) is 1.61. The summed E-state index contributed by atoms with van der Waals surface area (Å²) in [4.78, 5) is 23.6. The van der Waals surface area contributed by atoms with Crippen LogP contribution in [0.15, 0.2) is 11.6 Å². The van der Waals surface area contributed by atoms with Gasteiger partial charge in [0.2, 0.25) is 0 Å². The first-order chi connectivity index (χ1) is 12.4. The summed E-state index contributed by atoms with van der Waals surface area (Å²) >= 11 is 0. The molecule has 144 valence electrons. The fourth-order valence-corrected chi connectivity index (χ4v) is 7.21. The Balaban J connectivity index is 1.52. The molecule has 7 atom stereocenters. The molecule has 3 fully saturated rings. The molecule has 4 nitrogen and oxygen atoms in total. The molecule has 0 unspecified atom stereocenters. The average Bonchev–Trinajstić information content (AvgIpc) is 2.97. The average molecular weight is 360 g/mol. The van der Waals surface area contributed by atoms with Gasteiger partial charge in [0.25, 0.3) is 0 Å². The predicted molar refractivity (Wildman–Crippen MR) is 98.2 cm³/mol. The van der Waals surface area contributed by atoms with Gasteiger partial charge >= 0.3 is 5.97 Å². The number of hydrogen-bond acceptors (Lipinski definition) is 4. The Kier molecular flexibility index (Phi) is 4.75. The van der Waals surface area contributed by atoms with Gasteiger partial charge in [-0.1, -0.05) is 18.6 Å². The number of aliphatic hydroxyl groups is 1. The number of ether oxygens (including phenoxy) is 1. The third-order valence-electron chi connectivity index (χ3n) is 8.28. The van der Waals surface area contributed by atoms with Crippen molar-refractivity contribution >= 4 is 11.8 Å². The first-order valence-corrected chi connectivity index (χ1v) is 10.4. The van der Waals surface area contributed by atoms with E-state index in [-0.39, 0.29) is 35.8 Å².